The summed E-state index contributed by atoms with van der Waals surface area (Å²) < 4.78 is 17.2. The molecule has 0 saturated carbocycles. The van der Waals surface area contributed by atoms with Crippen LogP contribution in [0.1, 0.15) is 200 Å². The highest BCUT2D eigenvalue weighted by atomic mass is 16.6. The largest absolute Gasteiger partial charge is 0.544 e. The maximum atomic E-state index is 12.8. The number of likely N-dealkylation sites (N-methyl/N-ethyl adjacent to an activating group) is 1. The summed E-state index contributed by atoms with van der Waals surface area (Å²) in [6, 6.07) is -0.734. The number of hydrogen-bond acceptors (Lipinski definition) is 7. The number of allylic oxidation sites excluding steroid dienone is 12. The van der Waals surface area contributed by atoms with Gasteiger partial charge in [0.2, 0.25) is 0 Å². The lowest BCUT2D eigenvalue weighted by Gasteiger charge is -2.34. The fourth-order valence-corrected chi connectivity index (χ4v) is 6.99. The molecule has 8 nitrogen and oxygen atoms in total. The van der Waals surface area contributed by atoms with Crippen LogP contribution in [0, 0.1) is 0 Å². The summed E-state index contributed by atoms with van der Waals surface area (Å²) >= 11 is 0. The van der Waals surface area contributed by atoms with Crippen molar-refractivity contribution >= 4 is 17.9 Å². The second kappa shape index (κ2) is 44.4. The van der Waals surface area contributed by atoms with Crippen LogP contribution in [0.4, 0.5) is 0 Å². The molecule has 0 aliphatic rings. The van der Waals surface area contributed by atoms with Crippen molar-refractivity contribution in [2.24, 2.45) is 0 Å². The minimum absolute atomic E-state index is 0.0281. The molecule has 0 saturated heterocycles. The molecular weight excluding hydrogens is 775 g/mol. The molecule has 0 aliphatic heterocycles. The van der Waals surface area contributed by atoms with E-state index in [2.05, 4.69) is 86.8 Å². The zero-order chi connectivity index (χ0) is 45.6. The number of ether oxygens (including phenoxy) is 3. The summed E-state index contributed by atoms with van der Waals surface area (Å²) in [4.78, 5) is 37.0. The minimum Gasteiger partial charge on any atom is -0.544 e. The Morgan fingerprint density at radius 2 is 0.952 bits per heavy atom. The number of carbonyl (C=O) groups excluding carboxylic acids is 3. The molecule has 62 heavy (non-hydrogen) atoms. The number of carboxylic acid groups (broad SMARTS) is 1. The first-order valence-corrected chi connectivity index (χ1v) is 25.0. The predicted octanol–water partition coefficient (Wildman–Crippen LogP) is 13.0. The van der Waals surface area contributed by atoms with Crippen molar-refractivity contribution in [3.05, 3.63) is 72.9 Å². The second-order valence-corrected chi connectivity index (χ2v) is 17.7. The summed E-state index contributed by atoms with van der Waals surface area (Å²) in [5.74, 6) is -1.77. The lowest BCUT2D eigenvalue weighted by molar-refractivity contribution is -0.889. The summed E-state index contributed by atoms with van der Waals surface area (Å²) in [5, 5.41) is 11.7. The van der Waals surface area contributed by atoms with E-state index < -0.39 is 18.1 Å². The summed E-state index contributed by atoms with van der Waals surface area (Å²) in [6.07, 6.45) is 56.4. The van der Waals surface area contributed by atoms with Crippen LogP contribution in [-0.4, -0.2) is 75.5 Å². The third-order valence-corrected chi connectivity index (χ3v) is 10.9. The van der Waals surface area contributed by atoms with E-state index in [0.29, 0.717) is 12.8 Å². The van der Waals surface area contributed by atoms with Gasteiger partial charge in [0.05, 0.1) is 40.3 Å². The van der Waals surface area contributed by atoms with Crippen molar-refractivity contribution in [3.63, 3.8) is 0 Å². The number of unbranched alkanes of at least 4 members (excludes halogenated alkanes) is 19. The van der Waals surface area contributed by atoms with E-state index in [-0.39, 0.29) is 42.7 Å². The van der Waals surface area contributed by atoms with Crippen molar-refractivity contribution in [1.29, 1.82) is 0 Å². The van der Waals surface area contributed by atoms with Gasteiger partial charge in [0.15, 0.2) is 6.10 Å². The Morgan fingerprint density at radius 3 is 1.44 bits per heavy atom. The maximum absolute atomic E-state index is 12.8. The molecule has 8 heteroatoms. The quantitative estimate of drug-likeness (QED) is 0.0198. The van der Waals surface area contributed by atoms with Gasteiger partial charge in [-0.2, -0.15) is 0 Å². The van der Waals surface area contributed by atoms with Crippen molar-refractivity contribution < 1.29 is 38.2 Å². The lowest BCUT2D eigenvalue weighted by Crippen LogP contribution is -2.55. The first kappa shape index (κ1) is 58.8. The Labute approximate surface area is 381 Å². The second-order valence-electron chi connectivity index (χ2n) is 17.7. The van der Waals surface area contributed by atoms with Gasteiger partial charge < -0.3 is 28.6 Å². The van der Waals surface area contributed by atoms with Crippen LogP contribution in [0.25, 0.3) is 0 Å². The van der Waals surface area contributed by atoms with Gasteiger partial charge in [-0.05, 0) is 77.0 Å². The molecule has 0 aromatic carbocycles. The molecule has 0 rings (SSSR count). The smallest absolute Gasteiger partial charge is 0.306 e. The van der Waals surface area contributed by atoms with Gasteiger partial charge in [-0.3, -0.25) is 9.59 Å². The number of nitrogens with zero attached hydrogens (tertiary/aromatic N) is 1. The third kappa shape index (κ3) is 42.1. The number of carbonyl (C=O) groups is 3. The average molecular weight is 868 g/mol. The number of quaternary nitrogens is 1. The molecule has 0 spiro atoms. The van der Waals surface area contributed by atoms with E-state index in [1.54, 1.807) is 21.1 Å². The highest BCUT2D eigenvalue weighted by molar-refractivity contribution is 5.70. The Kier molecular flexibility index (Phi) is 42.1. The highest BCUT2D eigenvalue weighted by Gasteiger charge is 2.25. The molecular formula is C54H93NO7. The van der Waals surface area contributed by atoms with E-state index in [4.69, 9.17) is 14.2 Å². The lowest BCUT2D eigenvalue weighted by atomic mass is 10.1. The van der Waals surface area contributed by atoms with Crippen molar-refractivity contribution in [1.82, 2.24) is 0 Å². The Bertz CT molecular complexity index is 1240. The number of rotatable bonds is 44. The monoisotopic (exact) mass is 868 g/mol. The van der Waals surface area contributed by atoms with Crippen molar-refractivity contribution in [3.8, 4) is 0 Å². The van der Waals surface area contributed by atoms with Crippen LogP contribution in [0.15, 0.2) is 72.9 Å². The Balaban J connectivity index is 4.33. The van der Waals surface area contributed by atoms with Crippen LogP contribution in [0.5, 0.6) is 0 Å². The SMILES string of the molecule is CC/C=C/C/C=C/C/C=C/C/C=C/CCCCCCCCCC(=O)OC(COCCC(C(=O)[O-])[N+](C)(C)C)COC(=O)CCCCCCC/C=C/C=C/CCCCCCCCC. The third-order valence-electron chi connectivity index (χ3n) is 10.9. The van der Waals surface area contributed by atoms with Gasteiger partial charge in [-0.15, -0.1) is 0 Å². The molecule has 0 aromatic rings. The summed E-state index contributed by atoms with van der Waals surface area (Å²) in [5.41, 5.74) is 0. The topological polar surface area (TPSA) is 102 Å². The van der Waals surface area contributed by atoms with Crippen molar-refractivity contribution in [2.75, 3.05) is 41.0 Å². The number of carboxylic acids is 1. The molecule has 0 fully saturated rings. The fourth-order valence-electron chi connectivity index (χ4n) is 6.99. The molecule has 0 amide bonds. The van der Waals surface area contributed by atoms with Crippen LogP contribution in [0.2, 0.25) is 0 Å². The van der Waals surface area contributed by atoms with E-state index in [1.807, 2.05) is 0 Å². The van der Waals surface area contributed by atoms with Gasteiger partial charge in [0, 0.05) is 19.3 Å². The van der Waals surface area contributed by atoms with Crippen LogP contribution in [-0.2, 0) is 28.6 Å². The first-order chi connectivity index (χ1) is 30.1. The predicted molar refractivity (Wildman–Crippen MR) is 259 cm³/mol. The van der Waals surface area contributed by atoms with E-state index in [1.165, 1.54) is 70.6 Å². The molecule has 0 N–H and O–H groups in total. The molecule has 2 atom stereocenters. The van der Waals surface area contributed by atoms with Crippen LogP contribution >= 0.6 is 0 Å². The van der Waals surface area contributed by atoms with Crippen molar-refractivity contribution in [2.45, 2.75) is 212 Å². The molecule has 0 bridgehead atoms. The zero-order valence-corrected chi connectivity index (χ0v) is 40.5. The van der Waals surface area contributed by atoms with E-state index in [9.17, 15) is 19.5 Å². The molecule has 0 heterocycles. The van der Waals surface area contributed by atoms with E-state index in [0.717, 1.165) is 96.3 Å². The van der Waals surface area contributed by atoms with Gasteiger partial charge in [0.25, 0.3) is 0 Å². The fraction of sp³-hybridized carbons (Fsp3) is 0.722. The summed E-state index contributed by atoms with van der Waals surface area (Å²) in [7, 11) is 5.40. The standard InChI is InChI=1S/C54H93NO7/c1-6-8-10-12-14-16-18-20-22-24-26-27-29-31-33-35-37-39-41-43-45-53(57)62-50(48-60-47-46-51(54(58)59)55(3,4)5)49-61-52(56)44-42-40-38-36-34-32-30-28-25-23-21-19-17-15-13-11-9-7-2/h8,10,14,16,20,22-23,25-28,30,50-51H,6-7,9,11-13,15,17-19,21,24,29,31-49H2,1-5H3/b10-8+,16-14+,22-20+,25-23+,27-26+,30-28+. The molecule has 356 valence electrons. The Hall–Kier alpha value is -3.23. The zero-order valence-electron chi connectivity index (χ0n) is 40.5. The maximum Gasteiger partial charge on any atom is 0.306 e. The first-order valence-electron chi connectivity index (χ1n) is 25.0. The number of esters is 2. The molecule has 0 radical (unpaired) electrons. The van der Waals surface area contributed by atoms with Gasteiger partial charge in [0.1, 0.15) is 12.6 Å². The van der Waals surface area contributed by atoms with Gasteiger partial charge in [-0.1, -0.05) is 177 Å². The number of aliphatic carboxylic acids is 1. The molecule has 2 unspecified atom stereocenters. The van der Waals surface area contributed by atoms with E-state index >= 15 is 0 Å². The van der Waals surface area contributed by atoms with Gasteiger partial charge in [-0.25, -0.2) is 0 Å². The van der Waals surface area contributed by atoms with Gasteiger partial charge >= 0.3 is 11.9 Å². The minimum atomic E-state index is -1.13. The average Bonchev–Trinajstić information content (AvgIpc) is 3.23. The Morgan fingerprint density at radius 1 is 0.516 bits per heavy atom. The number of hydrogen-bond donors (Lipinski definition) is 0. The molecule has 0 aromatic heterocycles. The van der Waals surface area contributed by atoms with Crippen LogP contribution in [0.3, 0.4) is 0 Å². The highest BCUT2D eigenvalue weighted by Crippen LogP contribution is 2.14. The normalized spacial score (nSPS) is 13.5. The molecule has 0 aliphatic carbocycles. The van der Waals surface area contributed by atoms with Crippen LogP contribution < -0.4 is 5.11 Å². The summed E-state index contributed by atoms with van der Waals surface area (Å²) in [6.45, 7) is 4.52.